The normalized spacial score (nSPS) is 19.9. The molecule has 0 radical (unpaired) electrons. The van der Waals surface area contributed by atoms with Gasteiger partial charge in [-0.3, -0.25) is 9.48 Å². The lowest BCUT2D eigenvalue weighted by Gasteiger charge is -2.33. The van der Waals surface area contributed by atoms with Crippen LogP contribution in [-0.2, 0) is 7.05 Å². The molecule has 1 fully saturated rings. The van der Waals surface area contributed by atoms with Crippen LogP contribution in [0.2, 0.25) is 0 Å². The van der Waals surface area contributed by atoms with Crippen molar-refractivity contribution in [3.63, 3.8) is 0 Å². The van der Waals surface area contributed by atoms with Crippen molar-refractivity contribution in [2.75, 3.05) is 6.54 Å². The van der Waals surface area contributed by atoms with Gasteiger partial charge >= 0.3 is 5.97 Å². The van der Waals surface area contributed by atoms with E-state index >= 15 is 0 Å². The molecular weight excluding hydrogens is 234 g/mol. The van der Waals surface area contributed by atoms with E-state index in [1.54, 1.807) is 11.9 Å². The number of aromatic nitrogens is 2. The largest absolute Gasteiger partial charge is 0.478 e. The van der Waals surface area contributed by atoms with Crippen molar-refractivity contribution in [2.45, 2.75) is 32.2 Å². The van der Waals surface area contributed by atoms with Crippen LogP contribution in [0.4, 0.5) is 0 Å². The number of carboxylic acids is 1. The van der Waals surface area contributed by atoms with Gasteiger partial charge in [-0.25, -0.2) is 4.79 Å². The van der Waals surface area contributed by atoms with E-state index in [4.69, 9.17) is 5.11 Å². The second kappa shape index (κ2) is 4.80. The maximum atomic E-state index is 12.4. The van der Waals surface area contributed by atoms with E-state index in [1.807, 2.05) is 6.92 Å². The lowest BCUT2D eigenvalue weighted by molar-refractivity contribution is 0.0603. The zero-order valence-electron chi connectivity index (χ0n) is 10.6. The first-order valence-corrected chi connectivity index (χ1v) is 6.08. The fourth-order valence-corrected chi connectivity index (χ4v) is 2.38. The van der Waals surface area contributed by atoms with Crippen LogP contribution in [-0.4, -0.2) is 44.3 Å². The molecule has 1 N–H and O–H groups in total. The van der Waals surface area contributed by atoms with Crippen LogP contribution < -0.4 is 0 Å². The Morgan fingerprint density at radius 2 is 2.17 bits per heavy atom. The minimum Gasteiger partial charge on any atom is -0.478 e. The molecule has 0 aromatic carbocycles. The van der Waals surface area contributed by atoms with Crippen LogP contribution in [0.25, 0.3) is 0 Å². The second-order valence-electron chi connectivity index (χ2n) is 4.68. The van der Waals surface area contributed by atoms with Crippen LogP contribution in [0, 0.1) is 0 Å². The molecule has 0 aliphatic carbocycles. The van der Waals surface area contributed by atoms with E-state index in [0.29, 0.717) is 6.54 Å². The zero-order chi connectivity index (χ0) is 13.3. The van der Waals surface area contributed by atoms with Gasteiger partial charge in [-0.05, 0) is 26.2 Å². The summed E-state index contributed by atoms with van der Waals surface area (Å²) in [6.07, 6.45) is 4.27. The molecule has 1 aliphatic heterocycles. The lowest BCUT2D eigenvalue weighted by atomic mass is 10.0. The quantitative estimate of drug-likeness (QED) is 0.855. The highest BCUT2D eigenvalue weighted by Crippen LogP contribution is 2.20. The number of aryl methyl sites for hydroxylation is 1. The molecule has 2 rings (SSSR count). The van der Waals surface area contributed by atoms with Crippen LogP contribution in [0.3, 0.4) is 0 Å². The molecule has 1 amide bonds. The highest BCUT2D eigenvalue weighted by molar-refractivity contribution is 6.03. The van der Waals surface area contributed by atoms with Crippen LogP contribution in [0.15, 0.2) is 6.20 Å². The monoisotopic (exact) mass is 251 g/mol. The molecule has 0 bridgehead atoms. The highest BCUT2D eigenvalue weighted by Gasteiger charge is 2.29. The van der Waals surface area contributed by atoms with Gasteiger partial charge in [0.05, 0.1) is 6.20 Å². The minimum absolute atomic E-state index is 0.0275. The first-order chi connectivity index (χ1) is 8.52. The van der Waals surface area contributed by atoms with Crippen LogP contribution in [0.5, 0.6) is 0 Å². The van der Waals surface area contributed by atoms with Crippen LogP contribution in [0.1, 0.15) is 47.0 Å². The third-order valence-electron chi connectivity index (χ3n) is 3.44. The predicted octanol–water partition coefficient (Wildman–Crippen LogP) is 1.13. The summed E-state index contributed by atoms with van der Waals surface area (Å²) in [6.45, 7) is 2.68. The summed E-state index contributed by atoms with van der Waals surface area (Å²) in [7, 11) is 1.59. The van der Waals surface area contributed by atoms with Gasteiger partial charge in [-0.2, -0.15) is 5.10 Å². The van der Waals surface area contributed by atoms with Crippen molar-refractivity contribution >= 4 is 11.9 Å². The molecule has 0 saturated carbocycles. The molecule has 0 spiro atoms. The molecule has 98 valence electrons. The minimum atomic E-state index is -1.11. The third-order valence-corrected chi connectivity index (χ3v) is 3.44. The highest BCUT2D eigenvalue weighted by atomic mass is 16.4. The Hall–Kier alpha value is -1.85. The third kappa shape index (κ3) is 2.10. The number of rotatable bonds is 2. The van der Waals surface area contributed by atoms with Gasteiger partial charge in [-0.15, -0.1) is 0 Å². The molecule has 1 saturated heterocycles. The number of likely N-dealkylation sites (tertiary alicyclic amines) is 1. The van der Waals surface area contributed by atoms with Gasteiger partial charge in [-0.1, -0.05) is 0 Å². The smallest absolute Gasteiger partial charge is 0.339 e. The van der Waals surface area contributed by atoms with E-state index in [-0.39, 0.29) is 23.2 Å². The molecule has 0 unspecified atom stereocenters. The Morgan fingerprint density at radius 1 is 1.44 bits per heavy atom. The topological polar surface area (TPSA) is 75.4 Å². The Kier molecular flexibility index (Phi) is 3.36. The van der Waals surface area contributed by atoms with Crippen molar-refractivity contribution in [3.8, 4) is 0 Å². The van der Waals surface area contributed by atoms with Gasteiger partial charge in [0.15, 0.2) is 0 Å². The van der Waals surface area contributed by atoms with E-state index in [0.717, 1.165) is 19.3 Å². The van der Waals surface area contributed by atoms with E-state index in [2.05, 4.69) is 5.10 Å². The first-order valence-electron chi connectivity index (χ1n) is 6.08. The summed E-state index contributed by atoms with van der Waals surface area (Å²) in [5.74, 6) is -1.35. The molecule has 6 nitrogen and oxygen atoms in total. The van der Waals surface area contributed by atoms with Crippen molar-refractivity contribution in [1.29, 1.82) is 0 Å². The molecule has 6 heteroatoms. The first kappa shape index (κ1) is 12.6. The SMILES string of the molecule is C[C@@H]1CCCCN1C(=O)c1c(C(=O)O)cnn1C. The Labute approximate surface area is 105 Å². The number of carbonyl (C=O) groups is 2. The molecule has 18 heavy (non-hydrogen) atoms. The fourth-order valence-electron chi connectivity index (χ4n) is 2.38. The second-order valence-corrected chi connectivity index (χ2v) is 4.68. The van der Waals surface area contributed by atoms with Gasteiger partial charge in [0.1, 0.15) is 11.3 Å². The van der Waals surface area contributed by atoms with Gasteiger partial charge < -0.3 is 10.0 Å². The number of aromatic carboxylic acids is 1. The lowest BCUT2D eigenvalue weighted by Crippen LogP contribution is -2.43. The standard InChI is InChI=1S/C12H17N3O3/c1-8-5-3-4-6-15(8)11(16)10-9(12(17)18)7-13-14(10)2/h7-8H,3-6H2,1-2H3,(H,17,18)/t8-/m1/s1. The summed E-state index contributed by atoms with van der Waals surface area (Å²) < 4.78 is 1.34. The van der Waals surface area contributed by atoms with Crippen molar-refractivity contribution in [1.82, 2.24) is 14.7 Å². The Balaban J connectivity index is 2.33. The average molecular weight is 251 g/mol. The zero-order valence-corrected chi connectivity index (χ0v) is 10.6. The summed E-state index contributed by atoms with van der Waals surface area (Å²) in [4.78, 5) is 25.2. The Morgan fingerprint density at radius 3 is 2.78 bits per heavy atom. The number of carboxylic acid groups (broad SMARTS) is 1. The maximum Gasteiger partial charge on any atom is 0.339 e. The molecule has 2 heterocycles. The molecular formula is C12H17N3O3. The summed E-state index contributed by atoms with van der Waals surface area (Å²) in [5, 5.41) is 12.9. The van der Waals surface area contributed by atoms with Crippen molar-refractivity contribution in [2.24, 2.45) is 7.05 Å². The van der Waals surface area contributed by atoms with E-state index in [9.17, 15) is 9.59 Å². The predicted molar refractivity (Wildman–Crippen MR) is 64.5 cm³/mol. The van der Waals surface area contributed by atoms with Gasteiger partial charge in [0, 0.05) is 19.6 Å². The number of nitrogens with zero attached hydrogens (tertiary/aromatic N) is 3. The maximum absolute atomic E-state index is 12.4. The number of hydrogen-bond donors (Lipinski definition) is 1. The summed E-state index contributed by atoms with van der Waals surface area (Å²) >= 11 is 0. The van der Waals surface area contributed by atoms with Gasteiger partial charge in [0.2, 0.25) is 0 Å². The molecule has 1 aromatic rings. The molecule has 1 aromatic heterocycles. The molecule has 1 atom stereocenters. The summed E-state index contributed by atoms with van der Waals surface area (Å²) in [5.41, 5.74) is 0.136. The summed E-state index contributed by atoms with van der Waals surface area (Å²) in [6, 6.07) is 0.155. The average Bonchev–Trinajstić information content (AvgIpc) is 2.71. The Bertz CT molecular complexity index is 481. The van der Waals surface area contributed by atoms with Crippen LogP contribution >= 0.6 is 0 Å². The van der Waals surface area contributed by atoms with E-state index < -0.39 is 5.97 Å². The van der Waals surface area contributed by atoms with Crippen molar-refractivity contribution in [3.05, 3.63) is 17.5 Å². The number of hydrogen-bond acceptors (Lipinski definition) is 3. The van der Waals surface area contributed by atoms with Gasteiger partial charge in [0.25, 0.3) is 5.91 Å². The number of carbonyl (C=O) groups excluding carboxylic acids is 1. The number of amides is 1. The van der Waals surface area contributed by atoms with E-state index in [1.165, 1.54) is 10.9 Å². The molecule has 1 aliphatic rings. The van der Waals surface area contributed by atoms with Crippen molar-refractivity contribution < 1.29 is 14.7 Å². The fraction of sp³-hybridized carbons (Fsp3) is 0.583. The number of piperidine rings is 1.